The van der Waals surface area contributed by atoms with Gasteiger partial charge in [0.05, 0.1) is 0 Å². The molecule has 2 aromatic rings. The van der Waals surface area contributed by atoms with E-state index in [0.29, 0.717) is 29.9 Å². The molecule has 1 aromatic carbocycles. The van der Waals surface area contributed by atoms with Gasteiger partial charge < -0.3 is 5.32 Å². The van der Waals surface area contributed by atoms with E-state index in [1.54, 1.807) is 41.8 Å². The molecule has 0 fully saturated rings. The van der Waals surface area contributed by atoms with Gasteiger partial charge in [-0.3, -0.25) is 14.4 Å². The third-order valence-corrected chi connectivity index (χ3v) is 6.92. The second kappa shape index (κ2) is 9.34. The zero-order valence-corrected chi connectivity index (χ0v) is 17.7. The zero-order chi connectivity index (χ0) is 20.0. The van der Waals surface area contributed by atoms with Crippen LogP contribution in [-0.2, 0) is 10.0 Å². The Kier molecular flexibility index (Phi) is 7.41. The first-order valence-electron chi connectivity index (χ1n) is 8.91. The predicted octanol–water partition coefficient (Wildman–Crippen LogP) is 3.40. The Labute approximate surface area is 165 Å². The zero-order valence-electron chi connectivity index (χ0n) is 16.1. The summed E-state index contributed by atoms with van der Waals surface area (Å²) >= 11 is 1.15. The Balaban J connectivity index is 1.92. The molecule has 148 valence electrons. The van der Waals surface area contributed by atoms with Crippen molar-refractivity contribution in [3.05, 3.63) is 47.3 Å². The van der Waals surface area contributed by atoms with Crippen LogP contribution in [-0.4, -0.2) is 44.4 Å². The number of nitrogens with one attached hydrogen (secondary N) is 2. The van der Waals surface area contributed by atoms with Gasteiger partial charge in [0.2, 0.25) is 0 Å². The second-order valence-electron chi connectivity index (χ2n) is 6.80. The van der Waals surface area contributed by atoms with Crippen LogP contribution in [0.5, 0.6) is 0 Å². The van der Waals surface area contributed by atoms with Crippen molar-refractivity contribution < 1.29 is 13.2 Å². The van der Waals surface area contributed by atoms with E-state index in [1.807, 2.05) is 0 Å². The van der Waals surface area contributed by atoms with Crippen LogP contribution in [0.1, 0.15) is 38.1 Å². The highest BCUT2D eigenvalue weighted by Gasteiger charge is 2.16. The number of benzene rings is 1. The molecule has 0 aliphatic heterocycles. The largest absolute Gasteiger partial charge is 0.351 e. The molecule has 1 heterocycles. The second-order valence-corrected chi connectivity index (χ2v) is 9.65. The standard InChI is InChI=1S/C19H27N3O3S2/c1-14(2)22(15(3)4)12-11-20-19(23)16-7-9-17(10-8-16)21-27(24,25)18-6-5-13-26-18/h5-10,13-15,21H,11-12H2,1-4H3,(H,20,23). The summed E-state index contributed by atoms with van der Waals surface area (Å²) in [6.45, 7) is 9.88. The van der Waals surface area contributed by atoms with Gasteiger partial charge in [-0.25, -0.2) is 8.42 Å². The molecular weight excluding hydrogens is 382 g/mol. The van der Waals surface area contributed by atoms with Crippen LogP contribution < -0.4 is 10.0 Å². The lowest BCUT2D eigenvalue weighted by Crippen LogP contribution is -2.42. The van der Waals surface area contributed by atoms with Crippen molar-refractivity contribution in [1.82, 2.24) is 10.2 Å². The van der Waals surface area contributed by atoms with Crippen molar-refractivity contribution in [3.63, 3.8) is 0 Å². The van der Waals surface area contributed by atoms with E-state index < -0.39 is 10.0 Å². The van der Waals surface area contributed by atoms with E-state index >= 15 is 0 Å². The van der Waals surface area contributed by atoms with Gasteiger partial charge in [0.25, 0.3) is 15.9 Å². The van der Waals surface area contributed by atoms with E-state index in [-0.39, 0.29) is 10.1 Å². The Morgan fingerprint density at radius 2 is 1.70 bits per heavy atom. The molecule has 0 unspecified atom stereocenters. The van der Waals surface area contributed by atoms with Crippen molar-refractivity contribution >= 4 is 33.0 Å². The lowest BCUT2D eigenvalue weighted by molar-refractivity contribution is 0.0939. The monoisotopic (exact) mass is 409 g/mol. The molecule has 0 aliphatic carbocycles. The molecule has 2 rings (SSSR count). The predicted molar refractivity (Wildman–Crippen MR) is 111 cm³/mol. The number of anilines is 1. The first-order valence-corrected chi connectivity index (χ1v) is 11.3. The average Bonchev–Trinajstić information content (AvgIpc) is 3.13. The molecule has 6 nitrogen and oxygen atoms in total. The molecule has 0 radical (unpaired) electrons. The van der Waals surface area contributed by atoms with Gasteiger partial charge in [-0.05, 0) is 63.4 Å². The van der Waals surface area contributed by atoms with Gasteiger partial charge in [0.15, 0.2) is 0 Å². The topological polar surface area (TPSA) is 78.5 Å². The maximum Gasteiger partial charge on any atom is 0.271 e. The molecule has 8 heteroatoms. The molecule has 0 saturated carbocycles. The van der Waals surface area contributed by atoms with E-state index in [4.69, 9.17) is 0 Å². The molecule has 1 amide bonds. The quantitative estimate of drug-likeness (QED) is 0.665. The smallest absolute Gasteiger partial charge is 0.271 e. The summed E-state index contributed by atoms with van der Waals surface area (Å²) in [4.78, 5) is 14.6. The highest BCUT2D eigenvalue weighted by molar-refractivity contribution is 7.94. The molecule has 0 atom stereocenters. The number of nitrogens with zero attached hydrogens (tertiary/aromatic N) is 1. The van der Waals surface area contributed by atoms with Gasteiger partial charge in [0, 0.05) is 36.4 Å². The Bertz CT molecular complexity index is 822. The molecular formula is C19H27N3O3S2. The highest BCUT2D eigenvalue weighted by Crippen LogP contribution is 2.20. The van der Waals surface area contributed by atoms with Gasteiger partial charge in [-0.2, -0.15) is 0 Å². The number of hydrogen-bond acceptors (Lipinski definition) is 5. The van der Waals surface area contributed by atoms with Crippen molar-refractivity contribution in [2.75, 3.05) is 17.8 Å². The SMILES string of the molecule is CC(C)N(CCNC(=O)c1ccc(NS(=O)(=O)c2cccs2)cc1)C(C)C. The first-order chi connectivity index (χ1) is 12.7. The summed E-state index contributed by atoms with van der Waals surface area (Å²) in [6, 6.07) is 10.5. The fourth-order valence-electron chi connectivity index (χ4n) is 2.82. The van der Waals surface area contributed by atoms with Crippen LogP contribution in [0.25, 0.3) is 0 Å². The fourth-order valence-corrected chi connectivity index (χ4v) is 4.88. The van der Waals surface area contributed by atoms with E-state index in [1.165, 1.54) is 0 Å². The summed E-state index contributed by atoms with van der Waals surface area (Å²) < 4.78 is 27.2. The fraction of sp³-hybridized carbons (Fsp3) is 0.421. The minimum atomic E-state index is -3.58. The van der Waals surface area contributed by atoms with Crippen LogP contribution in [0.2, 0.25) is 0 Å². The van der Waals surface area contributed by atoms with Crippen molar-refractivity contribution in [2.45, 2.75) is 44.0 Å². The Morgan fingerprint density at radius 1 is 1.07 bits per heavy atom. The lowest BCUT2D eigenvalue weighted by Gasteiger charge is -2.30. The summed E-state index contributed by atoms with van der Waals surface area (Å²) in [5.41, 5.74) is 0.917. The number of hydrogen-bond donors (Lipinski definition) is 2. The van der Waals surface area contributed by atoms with E-state index in [0.717, 1.165) is 17.9 Å². The van der Waals surface area contributed by atoms with E-state index in [9.17, 15) is 13.2 Å². The van der Waals surface area contributed by atoms with Crippen LogP contribution in [0.3, 0.4) is 0 Å². The van der Waals surface area contributed by atoms with Gasteiger partial charge >= 0.3 is 0 Å². The highest BCUT2D eigenvalue weighted by atomic mass is 32.2. The maximum atomic E-state index is 12.3. The van der Waals surface area contributed by atoms with Crippen LogP contribution >= 0.6 is 11.3 Å². The minimum absolute atomic E-state index is 0.171. The number of carbonyl (C=O) groups excluding carboxylic acids is 1. The minimum Gasteiger partial charge on any atom is -0.351 e. The van der Waals surface area contributed by atoms with Crippen LogP contribution in [0.15, 0.2) is 46.0 Å². The molecule has 27 heavy (non-hydrogen) atoms. The molecule has 0 saturated heterocycles. The van der Waals surface area contributed by atoms with Gasteiger partial charge in [-0.15, -0.1) is 11.3 Å². The Hall–Kier alpha value is -1.90. The summed E-state index contributed by atoms with van der Waals surface area (Å²) in [5, 5.41) is 4.62. The first kappa shape index (κ1) is 21.4. The summed E-state index contributed by atoms with van der Waals surface area (Å²) in [5.74, 6) is -0.171. The number of sulfonamides is 1. The summed E-state index contributed by atoms with van der Waals surface area (Å²) in [6.07, 6.45) is 0. The maximum absolute atomic E-state index is 12.3. The van der Waals surface area contributed by atoms with Crippen molar-refractivity contribution in [3.8, 4) is 0 Å². The van der Waals surface area contributed by atoms with Crippen molar-refractivity contribution in [2.24, 2.45) is 0 Å². The number of thiophene rings is 1. The number of carbonyl (C=O) groups is 1. The van der Waals surface area contributed by atoms with Gasteiger partial charge in [0.1, 0.15) is 4.21 Å². The average molecular weight is 410 g/mol. The molecule has 1 aromatic heterocycles. The van der Waals surface area contributed by atoms with Crippen LogP contribution in [0, 0.1) is 0 Å². The lowest BCUT2D eigenvalue weighted by atomic mass is 10.2. The van der Waals surface area contributed by atoms with Crippen molar-refractivity contribution in [1.29, 1.82) is 0 Å². The molecule has 0 bridgehead atoms. The Morgan fingerprint density at radius 3 is 2.22 bits per heavy atom. The molecule has 0 aliphatic rings. The number of amides is 1. The van der Waals surface area contributed by atoms with Crippen LogP contribution in [0.4, 0.5) is 5.69 Å². The normalized spacial score (nSPS) is 12.0. The summed E-state index contributed by atoms with van der Waals surface area (Å²) in [7, 11) is -3.58. The number of rotatable bonds is 9. The van der Waals surface area contributed by atoms with Gasteiger partial charge in [-0.1, -0.05) is 6.07 Å². The molecule has 0 spiro atoms. The third kappa shape index (κ3) is 6.05. The van der Waals surface area contributed by atoms with E-state index in [2.05, 4.69) is 42.6 Å². The third-order valence-electron chi connectivity index (χ3n) is 4.14. The molecule has 2 N–H and O–H groups in total.